The lowest BCUT2D eigenvalue weighted by atomic mass is 10.2. The van der Waals surface area contributed by atoms with Gasteiger partial charge in [0.15, 0.2) is 5.78 Å². The van der Waals surface area contributed by atoms with Crippen LogP contribution in [-0.2, 0) is 4.79 Å². The highest BCUT2D eigenvalue weighted by atomic mass is 16.3. The standard InChI is InChI=1S/C13H15NO2/c1-9-5-6-13(16)11(7-9)14-8-10-3-2-4-12(10)15/h5-8,14,16H,2-4H2,1H3/b10-8-. The van der Waals surface area contributed by atoms with Crippen LogP contribution in [-0.4, -0.2) is 10.9 Å². The van der Waals surface area contributed by atoms with Crippen molar-refractivity contribution in [3.05, 3.63) is 35.5 Å². The van der Waals surface area contributed by atoms with Gasteiger partial charge < -0.3 is 10.4 Å². The molecule has 0 amide bonds. The van der Waals surface area contributed by atoms with Crippen LogP contribution in [0.2, 0.25) is 0 Å². The van der Waals surface area contributed by atoms with Gasteiger partial charge in [0.25, 0.3) is 0 Å². The molecular formula is C13H15NO2. The zero-order chi connectivity index (χ0) is 11.5. The van der Waals surface area contributed by atoms with Crippen molar-refractivity contribution in [2.75, 3.05) is 5.32 Å². The van der Waals surface area contributed by atoms with E-state index in [9.17, 15) is 9.90 Å². The molecule has 0 aliphatic heterocycles. The normalized spacial score (nSPS) is 18.1. The van der Waals surface area contributed by atoms with Crippen molar-refractivity contribution < 1.29 is 9.90 Å². The highest BCUT2D eigenvalue weighted by Crippen LogP contribution is 2.25. The Kier molecular flexibility index (Phi) is 2.95. The number of aryl methyl sites for hydroxylation is 1. The number of aromatic hydroxyl groups is 1. The number of allylic oxidation sites excluding steroid dienone is 1. The fraction of sp³-hybridized carbons (Fsp3) is 0.308. The third kappa shape index (κ3) is 2.24. The summed E-state index contributed by atoms with van der Waals surface area (Å²) in [6, 6.07) is 5.34. The number of Topliss-reactive ketones (excluding diaryl/α,β-unsaturated/α-hetero) is 1. The molecule has 3 nitrogen and oxygen atoms in total. The highest BCUT2D eigenvalue weighted by Gasteiger charge is 2.16. The molecule has 0 unspecified atom stereocenters. The maximum atomic E-state index is 11.4. The summed E-state index contributed by atoms with van der Waals surface area (Å²) in [4.78, 5) is 11.4. The van der Waals surface area contributed by atoms with E-state index in [1.165, 1.54) is 0 Å². The van der Waals surface area contributed by atoms with Crippen molar-refractivity contribution in [1.82, 2.24) is 0 Å². The van der Waals surface area contributed by atoms with Crippen LogP contribution in [0.5, 0.6) is 5.75 Å². The Hall–Kier alpha value is -1.77. The second kappa shape index (κ2) is 4.39. The van der Waals surface area contributed by atoms with Gasteiger partial charge in [0.1, 0.15) is 5.75 Å². The predicted octanol–water partition coefficient (Wildman–Crippen LogP) is 2.75. The van der Waals surface area contributed by atoms with Gasteiger partial charge in [-0.05, 0) is 37.5 Å². The number of rotatable bonds is 2. The summed E-state index contributed by atoms with van der Waals surface area (Å²) in [5, 5.41) is 12.6. The first-order valence-electron chi connectivity index (χ1n) is 5.45. The van der Waals surface area contributed by atoms with Crippen LogP contribution in [0.1, 0.15) is 24.8 Å². The molecule has 1 aromatic carbocycles. The minimum Gasteiger partial charge on any atom is -0.506 e. The average molecular weight is 217 g/mol. The number of nitrogens with one attached hydrogen (secondary N) is 1. The number of hydrogen-bond acceptors (Lipinski definition) is 3. The van der Waals surface area contributed by atoms with Crippen LogP contribution in [0.4, 0.5) is 5.69 Å². The third-order valence-corrected chi connectivity index (χ3v) is 2.76. The van der Waals surface area contributed by atoms with Gasteiger partial charge in [0.05, 0.1) is 5.69 Å². The van der Waals surface area contributed by atoms with E-state index in [2.05, 4.69) is 5.32 Å². The van der Waals surface area contributed by atoms with Crippen LogP contribution >= 0.6 is 0 Å². The molecule has 0 bridgehead atoms. The lowest BCUT2D eigenvalue weighted by molar-refractivity contribution is -0.114. The first-order chi connectivity index (χ1) is 7.66. The number of phenolic OH excluding ortho intramolecular Hbond substituents is 1. The Morgan fingerprint density at radius 3 is 2.88 bits per heavy atom. The molecule has 1 aliphatic carbocycles. The summed E-state index contributed by atoms with van der Waals surface area (Å²) in [6.45, 7) is 1.96. The fourth-order valence-corrected chi connectivity index (χ4v) is 1.82. The van der Waals surface area contributed by atoms with Crippen molar-refractivity contribution >= 4 is 11.5 Å². The lowest BCUT2D eigenvalue weighted by Crippen LogP contribution is -1.97. The Balaban J connectivity index is 2.15. The molecule has 16 heavy (non-hydrogen) atoms. The summed E-state index contributed by atoms with van der Waals surface area (Å²) < 4.78 is 0. The molecule has 2 N–H and O–H groups in total. The molecule has 0 spiro atoms. The molecule has 2 rings (SSSR count). The zero-order valence-corrected chi connectivity index (χ0v) is 9.29. The number of benzene rings is 1. The zero-order valence-electron chi connectivity index (χ0n) is 9.29. The Labute approximate surface area is 94.8 Å². The van der Waals surface area contributed by atoms with Gasteiger partial charge in [-0.15, -0.1) is 0 Å². The molecule has 84 valence electrons. The molecule has 0 aromatic heterocycles. The van der Waals surface area contributed by atoms with E-state index in [1.807, 2.05) is 19.1 Å². The van der Waals surface area contributed by atoms with Gasteiger partial charge in [0.2, 0.25) is 0 Å². The molecule has 0 heterocycles. The van der Waals surface area contributed by atoms with Crippen molar-refractivity contribution in [3.8, 4) is 5.75 Å². The molecule has 1 saturated carbocycles. The number of phenols is 1. The molecule has 1 aliphatic rings. The second-order valence-corrected chi connectivity index (χ2v) is 4.11. The van der Waals surface area contributed by atoms with Gasteiger partial charge in [-0.25, -0.2) is 0 Å². The van der Waals surface area contributed by atoms with E-state index in [0.717, 1.165) is 24.0 Å². The third-order valence-electron chi connectivity index (χ3n) is 2.76. The molecule has 0 radical (unpaired) electrons. The summed E-state index contributed by atoms with van der Waals surface area (Å²) >= 11 is 0. The largest absolute Gasteiger partial charge is 0.506 e. The monoisotopic (exact) mass is 217 g/mol. The van der Waals surface area contributed by atoms with E-state index in [-0.39, 0.29) is 11.5 Å². The van der Waals surface area contributed by atoms with Gasteiger partial charge in [-0.3, -0.25) is 4.79 Å². The average Bonchev–Trinajstić information content (AvgIpc) is 2.66. The molecule has 0 atom stereocenters. The van der Waals surface area contributed by atoms with E-state index < -0.39 is 0 Å². The number of hydrogen-bond donors (Lipinski definition) is 2. The minimum atomic E-state index is 0.202. The Bertz CT molecular complexity index is 449. The van der Waals surface area contributed by atoms with Crippen molar-refractivity contribution in [2.24, 2.45) is 0 Å². The quantitative estimate of drug-likeness (QED) is 0.591. The molecular weight excluding hydrogens is 202 g/mol. The second-order valence-electron chi connectivity index (χ2n) is 4.11. The lowest BCUT2D eigenvalue weighted by Gasteiger charge is -2.06. The molecule has 3 heteroatoms. The number of ketones is 1. The number of carbonyl (C=O) groups is 1. The Morgan fingerprint density at radius 2 is 2.19 bits per heavy atom. The molecule has 1 fully saturated rings. The first kappa shape index (κ1) is 10.7. The maximum absolute atomic E-state index is 11.4. The predicted molar refractivity (Wildman–Crippen MR) is 63.4 cm³/mol. The van der Waals surface area contributed by atoms with Crippen LogP contribution in [0, 0.1) is 6.92 Å². The van der Waals surface area contributed by atoms with Crippen LogP contribution in [0.15, 0.2) is 30.0 Å². The van der Waals surface area contributed by atoms with Crippen molar-refractivity contribution in [2.45, 2.75) is 26.2 Å². The van der Waals surface area contributed by atoms with Crippen molar-refractivity contribution in [3.63, 3.8) is 0 Å². The van der Waals surface area contributed by atoms with Crippen LogP contribution in [0.25, 0.3) is 0 Å². The number of anilines is 1. The highest BCUT2D eigenvalue weighted by molar-refractivity contribution is 5.97. The van der Waals surface area contributed by atoms with Crippen LogP contribution in [0.3, 0.4) is 0 Å². The van der Waals surface area contributed by atoms with Crippen LogP contribution < -0.4 is 5.32 Å². The van der Waals surface area contributed by atoms with E-state index >= 15 is 0 Å². The summed E-state index contributed by atoms with van der Waals surface area (Å²) in [5.74, 6) is 0.410. The van der Waals surface area contributed by atoms with E-state index in [0.29, 0.717) is 12.1 Å². The summed E-state index contributed by atoms with van der Waals surface area (Å²) in [7, 11) is 0. The Morgan fingerprint density at radius 1 is 1.38 bits per heavy atom. The number of carbonyl (C=O) groups excluding carboxylic acids is 1. The van der Waals surface area contributed by atoms with E-state index in [1.54, 1.807) is 12.3 Å². The topological polar surface area (TPSA) is 49.3 Å². The fourth-order valence-electron chi connectivity index (χ4n) is 1.82. The smallest absolute Gasteiger partial charge is 0.160 e. The van der Waals surface area contributed by atoms with Gasteiger partial charge in [-0.1, -0.05) is 6.07 Å². The van der Waals surface area contributed by atoms with E-state index in [4.69, 9.17) is 0 Å². The SMILES string of the molecule is Cc1ccc(O)c(N/C=C2/CCCC2=O)c1. The van der Waals surface area contributed by atoms with Gasteiger partial charge >= 0.3 is 0 Å². The first-order valence-corrected chi connectivity index (χ1v) is 5.45. The van der Waals surface area contributed by atoms with Crippen molar-refractivity contribution in [1.29, 1.82) is 0 Å². The minimum absolute atomic E-state index is 0.202. The molecule has 0 saturated heterocycles. The van der Waals surface area contributed by atoms with Gasteiger partial charge in [-0.2, -0.15) is 0 Å². The van der Waals surface area contributed by atoms with Gasteiger partial charge in [0, 0.05) is 18.2 Å². The summed E-state index contributed by atoms with van der Waals surface area (Å²) in [6.07, 6.45) is 4.13. The molecule has 1 aromatic rings. The summed E-state index contributed by atoms with van der Waals surface area (Å²) in [5.41, 5.74) is 2.53. The maximum Gasteiger partial charge on any atom is 0.160 e.